The Hall–Kier alpha value is -2.18. The molecule has 1 aliphatic rings. The van der Waals surface area contributed by atoms with Crippen LogP contribution in [0, 0.1) is 6.92 Å². The van der Waals surface area contributed by atoms with Crippen LogP contribution in [-0.2, 0) is 13.1 Å². The fourth-order valence-corrected chi connectivity index (χ4v) is 2.63. The van der Waals surface area contributed by atoms with E-state index in [2.05, 4.69) is 22.2 Å². The number of hydrogen-bond acceptors (Lipinski definition) is 5. The second-order valence-corrected chi connectivity index (χ2v) is 5.83. The highest BCUT2D eigenvalue weighted by molar-refractivity contribution is 5.95. The van der Waals surface area contributed by atoms with Gasteiger partial charge in [0.2, 0.25) is 5.89 Å². The molecule has 0 bridgehead atoms. The highest BCUT2D eigenvalue weighted by Crippen LogP contribution is 2.42. The number of carbonyl (C=O) groups is 1. The lowest BCUT2D eigenvalue weighted by atomic mass is 10.1. The van der Waals surface area contributed by atoms with E-state index in [0.717, 1.165) is 31.5 Å². The maximum atomic E-state index is 12.7. The van der Waals surface area contributed by atoms with Gasteiger partial charge in [-0.2, -0.15) is 10.1 Å². The summed E-state index contributed by atoms with van der Waals surface area (Å²) < 4.78 is 6.93. The third kappa shape index (κ3) is 2.88. The lowest BCUT2D eigenvalue weighted by molar-refractivity contribution is 0.0779. The molecule has 0 unspecified atom stereocenters. The van der Waals surface area contributed by atoms with Crippen LogP contribution in [0.2, 0.25) is 0 Å². The Labute approximate surface area is 129 Å². The number of aromatic nitrogens is 4. The molecular weight excluding hydrogens is 282 g/mol. The first kappa shape index (κ1) is 14.7. The molecule has 1 fully saturated rings. The largest absolute Gasteiger partial charge is 0.340 e. The molecule has 0 aliphatic heterocycles. The van der Waals surface area contributed by atoms with Crippen molar-refractivity contribution in [3.63, 3.8) is 0 Å². The van der Waals surface area contributed by atoms with Gasteiger partial charge in [-0.25, -0.2) is 0 Å². The van der Waals surface area contributed by atoms with Crippen LogP contribution in [0.15, 0.2) is 10.7 Å². The van der Waals surface area contributed by atoms with E-state index in [0.29, 0.717) is 29.7 Å². The van der Waals surface area contributed by atoms with Gasteiger partial charge in [-0.3, -0.25) is 9.48 Å². The summed E-state index contributed by atoms with van der Waals surface area (Å²) in [7, 11) is 1.75. The number of rotatable bonds is 6. The first-order valence-electron chi connectivity index (χ1n) is 7.70. The van der Waals surface area contributed by atoms with Crippen molar-refractivity contribution in [3.05, 3.63) is 29.2 Å². The van der Waals surface area contributed by atoms with Gasteiger partial charge in [-0.05, 0) is 19.3 Å². The molecule has 1 aliphatic carbocycles. The number of amides is 1. The number of carbonyl (C=O) groups excluding carboxylic acids is 1. The fraction of sp³-hybridized carbons (Fsp3) is 0.600. The topological polar surface area (TPSA) is 77.0 Å². The van der Waals surface area contributed by atoms with Crippen LogP contribution in [0.4, 0.5) is 0 Å². The lowest BCUT2D eigenvalue weighted by Crippen LogP contribution is -2.27. The molecule has 2 heterocycles. The van der Waals surface area contributed by atoms with E-state index in [9.17, 15) is 4.79 Å². The standard InChI is InChI=1S/C15H21N5O2/c1-4-7-20-14(11-5-6-11)12(8-16-20)15(21)19(3)9-13-17-10(2)22-18-13/h8,11H,4-7,9H2,1-3H3. The number of nitrogens with zero attached hydrogens (tertiary/aromatic N) is 5. The summed E-state index contributed by atoms with van der Waals surface area (Å²) in [5.41, 5.74) is 1.79. The molecule has 0 N–H and O–H groups in total. The summed E-state index contributed by atoms with van der Waals surface area (Å²) in [4.78, 5) is 18.5. The molecule has 0 aromatic carbocycles. The zero-order valence-electron chi connectivity index (χ0n) is 13.2. The summed E-state index contributed by atoms with van der Waals surface area (Å²) in [6.07, 6.45) is 4.99. The van der Waals surface area contributed by atoms with Crippen LogP contribution in [0.25, 0.3) is 0 Å². The molecule has 0 saturated heterocycles. The van der Waals surface area contributed by atoms with E-state index in [-0.39, 0.29) is 5.91 Å². The first-order valence-corrected chi connectivity index (χ1v) is 7.70. The van der Waals surface area contributed by atoms with Crippen LogP contribution in [0.3, 0.4) is 0 Å². The van der Waals surface area contributed by atoms with Gasteiger partial charge in [-0.1, -0.05) is 12.1 Å². The second kappa shape index (κ2) is 5.90. The quantitative estimate of drug-likeness (QED) is 0.817. The molecule has 0 radical (unpaired) electrons. The van der Waals surface area contributed by atoms with Crippen LogP contribution in [0.1, 0.15) is 59.9 Å². The van der Waals surface area contributed by atoms with Crippen LogP contribution in [-0.4, -0.2) is 37.8 Å². The van der Waals surface area contributed by atoms with Crippen molar-refractivity contribution < 1.29 is 9.32 Å². The molecule has 7 heteroatoms. The van der Waals surface area contributed by atoms with Crippen molar-refractivity contribution in [2.75, 3.05) is 7.05 Å². The van der Waals surface area contributed by atoms with E-state index in [1.807, 2.05) is 4.68 Å². The zero-order valence-corrected chi connectivity index (χ0v) is 13.2. The van der Waals surface area contributed by atoms with Gasteiger partial charge >= 0.3 is 0 Å². The highest BCUT2D eigenvalue weighted by Gasteiger charge is 2.33. The van der Waals surface area contributed by atoms with E-state index in [4.69, 9.17) is 4.52 Å². The minimum Gasteiger partial charge on any atom is -0.340 e. The third-order valence-electron chi connectivity index (χ3n) is 3.81. The zero-order chi connectivity index (χ0) is 15.7. The predicted octanol–water partition coefficient (Wildman–Crippen LogP) is 2.13. The monoisotopic (exact) mass is 303 g/mol. The Bertz CT molecular complexity index is 671. The maximum absolute atomic E-state index is 12.7. The molecule has 22 heavy (non-hydrogen) atoms. The van der Waals surface area contributed by atoms with Gasteiger partial charge in [0, 0.05) is 26.4 Å². The summed E-state index contributed by atoms with van der Waals surface area (Å²) >= 11 is 0. The molecule has 1 amide bonds. The minimum absolute atomic E-state index is 0.0355. The van der Waals surface area contributed by atoms with Crippen molar-refractivity contribution >= 4 is 5.91 Å². The van der Waals surface area contributed by atoms with Crippen molar-refractivity contribution in [1.29, 1.82) is 0 Å². The molecule has 2 aromatic rings. The summed E-state index contributed by atoms with van der Waals surface area (Å²) in [5.74, 6) is 1.47. The van der Waals surface area contributed by atoms with Gasteiger partial charge in [0.25, 0.3) is 5.91 Å². The van der Waals surface area contributed by atoms with E-state index in [1.165, 1.54) is 0 Å². The van der Waals surface area contributed by atoms with Crippen LogP contribution < -0.4 is 0 Å². The van der Waals surface area contributed by atoms with Gasteiger partial charge < -0.3 is 9.42 Å². The molecule has 3 rings (SSSR count). The minimum atomic E-state index is -0.0355. The normalized spacial score (nSPS) is 14.3. The Kier molecular flexibility index (Phi) is 3.96. The molecule has 0 atom stereocenters. The van der Waals surface area contributed by atoms with Crippen LogP contribution >= 0.6 is 0 Å². The third-order valence-corrected chi connectivity index (χ3v) is 3.81. The number of hydrogen-bond donors (Lipinski definition) is 0. The van der Waals surface area contributed by atoms with Gasteiger partial charge in [-0.15, -0.1) is 0 Å². The maximum Gasteiger partial charge on any atom is 0.257 e. The first-order chi connectivity index (χ1) is 10.6. The molecule has 7 nitrogen and oxygen atoms in total. The molecule has 0 spiro atoms. The Morgan fingerprint density at radius 3 is 2.86 bits per heavy atom. The fourth-order valence-electron chi connectivity index (χ4n) is 2.63. The Morgan fingerprint density at radius 1 is 1.50 bits per heavy atom. The number of aryl methyl sites for hydroxylation is 2. The van der Waals surface area contributed by atoms with Crippen molar-refractivity contribution in [3.8, 4) is 0 Å². The molecule has 118 valence electrons. The average Bonchev–Trinajstić information content (AvgIpc) is 3.12. The average molecular weight is 303 g/mol. The van der Waals surface area contributed by atoms with E-state index >= 15 is 0 Å². The summed E-state index contributed by atoms with van der Waals surface area (Å²) in [6, 6.07) is 0. The van der Waals surface area contributed by atoms with Crippen molar-refractivity contribution in [2.45, 2.75) is 52.1 Å². The van der Waals surface area contributed by atoms with Crippen molar-refractivity contribution in [1.82, 2.24) is 24.8 Å². The predicted molar refractivity (Wildman–Crippen MR) is 79.3 cm³/mol. The van der Waals surface area contributed by atoms with E-state index < -0.39 is 0 Å². The Balaban J connectivity index is 1.79. The van der Waals surface area contributed by atoms with Gasteiger partial charge in [0.15, 0.2) is 5.82 Å². The SMILES string of the molecule is CCCn1ncc(C(=O)N(C)Cc2noc(C)n2)c1C1CC1. The van der Waals surface area contributed by atoms with Crippen LogP contribution in [0.5, 0.6) is 0 Å². The molecule has 1 saturated carbocycles. The van der Waals surface area contributed by atoms with Gasteiger partial charge in [0.1, 0.15) is 0 Å². The summed E-state index contributed by atoms with van der Waals surface area (Å²) in [6.45, 7) is 5.04. The Morgan fingerprint density at radius 2 is 2.27 bits per heavy atom. The van der Waals surface area contributed by atoms with Crippen molar-refractivity contribution in [2.24, 2.45) is 0 Å². The lowest BCUT2D eigenvalue weighted by Gasteiger charge is -2.15. The second-order valence-electron chi connectivity index (χ2n) is 5.83. The molecule has 2 aromatic heterocycles. The smallest absolute Gasteiger partial charge is 0.257 e. The summed E-state index contributed by atoms with van der Waals surface area (Å²) in [5, 5.41) is 8.24. The van der Waals surface area contributed by atoms with E-state index in [1.54, 1.807) is 25.1 Å². The molecular formula is C15H21N5O2. The van der Waals surface area contributed by atoms with Gasteiger partial charge in [0.05, 0.1) is 24.0 Å². The highest BCUT2D eigenvalue weighted by atomic mass is 16.5.